The minimum Gasteiger partial charge on any atom is -0.471 e. The van der Waals surface area contributed by atoms with Gasteiger partial charge in [-0.05, 0) is 44.9 Å². The lowest BCUT2D eigenvalue weighted by Crippen LogP contribution is -2.46. The number of carbonyl (C=O) groups excluding carboxylic acids is 2. The average molecular weight is 506 g/mol. The van der Waals surface area contributed by atoms with Crippen molar-refractivity contribution in [3.8, 4) is 5.88 Å². The molecule has 0 N–H and O–H groups in total. The molecule has 1 aromatic heterocycles. The summed E-state index contributed by atoms with van der Waals surface area (Å²) in [5.74, 6) is -5.06. The van der Waals surface area contributed by atoms with Gasteiger partial charge >= 0.3 is 18.0 Å². The van der Waals surface area contributed by atoms with Crippen molar-refractivity contribution >= 4 is 23.1 Å². The largest absolute Gasteiger partial charge is 0.471 e. The molecule has 8 nitrogen and oxygen atoms in total. The first kappa shape index (κ1) is 27.3. The number of benzene rings is 1. The van der Waals surface area contributed by atoms with Gasteiger partial charge in [0.25, 0.3) is 0 Å². The maximum Gasteiger partial charge on any atom is 0.411 e. The summed E-state index contributed by atoms with van der Waals surface area (Å²) in [6, 6.07) is 5.54. The highest BCUT2D eigenvalue weighted by molar-refractivity contribution is 5.83. The Morgan fingerprint density at radius 1 is 1.19 bits per heavy atom. The number of rotatable bonds is 7. The molecule has 196 valence electrons. The average Bonchev–Trinajstić information content (AvgIpc) is 3.12. The summed E-state index contributed by atoms with van der Waals surface area (Å²) in [5, 5.41) is 0. The maximum atomic E-state index is 14.8. The molecular formula is C26H33F2N3O5. The van der Waals surface area contributed by atoms with Crippen molar-refractivity contribution in [1.29, 1.82) is 0 Å². The molecule has 0 aliphatic carbocycles. The maximum absolute atomic E-state index is 14.8. The third-order valence-corrected chi connectivity index (χ3v) is 5.60. The van der Waals surface area contributed by atoms with Crippen LogP contribution in [0.4, 0.5) is 13.6 Å². The highest BCUT2D eigenvalue weighted by atomic mass is 19.3. The summed E-state index contributed by atoms with van der Waals surface area (Å²) in [6.07, 6.45) is -1.12. The second kappa shape index (κ2) is 10.4. The van der Waals surface area contributed by atoms with Crippen LogP contribution in [0.15, 0.2) is 36.9 Å². The van der Waals surface area contributed by atoms with Crippen LogP contribution in [0.25, 0.3) is 11.0 Å². The van der Waals surface area contributed by atoms with E-state index in [0.29, 0.717) is 11.6 Å². The number of fused-ring (bicyclic) bond motifs is 1. The van der Waals surface area contributed by atoms with Crippen molar-refractivity contribution in [3.05, 3.63) is 42.6 Å². The minimum absolute atomic E-state index is 0.0873. The molecule has 1 aromatic carbocycles. The quantitative estimate of drug-likeness (QED) is 0.382. The first-order valence-electron chi connectivity index (χ1n) is 11.8. The number of halogens is 2. The summed E-state index contributed by atoms with van der Waals surface area (Å²) in [7, 11) is 0. The number of carbonyl (C=O) groups is 2. The monoisotopic (exact) mass is 505 g/mol. The van der Waals surface area contributed by atoms with E-state index in [9.17, 15) is 18.4 Å². The normalized spacial score (nSPS) is 20.5. The number of ether oxygens (including phenoxy) is 3. The third kappa shape index (κ3) is 6.09. The Kier molecular flexibility index (Phi) is 7.85. The van der Waals surface area contributed by atoms with Crippen LogP contribution >= 0.6 is 0 Å². The summed E-state index contributed by atoms with van der Waals surface area (Å²) in [6.45, 7) is 13.9. The Morgan fingerprint density at radius 2 is 1.81 bits per heavy atom. The van der Waals surface area contributed by atoms with E-state index in [4.69, 9.17) is 14.2 Å². The number of hydrogen-bond donors (Lipinski definition) is 0. The molecule has 1 aliphatic heterocycles. The highest BCUT2D eigenvalue weighted by Gasteiger charge is 2.50. The fourth-order valence-corrected chi connectivity index (χ4v) is 3.81. The lowest BCUT2D eigenvalue weighted by molar-refractivity contribution is -0.151. The van der Waals surface area contributed by atoms with Gasteiger partial charge in [-0.15, -0.1) is 0 Å². The summed E-state index contributed by atoms with van der Waals surface area (Å²) >= 11 is 0. The molecule has 0 unspecified atom stereocenters. The van der Waals surface area contributed by atoms with Crippen molar-refractivity contribution in [3.63, 3.8) is 0 Å². The molecule has 0 saturated carbocycles. The molecular weight excluding hydrogens is 472 g/mol. The number of para-hydroxylation sites is 2. The standard InChI is InChI=1S/C26H33F2N3O5/c1-8-26(27,28)21-22(30-18-12-10-9-11-17(18)29-21)35-19-13-31(24(33)36-25(5,6)7)20(16(19)4)23(32)34-14-15(2)3/h8-12,15-16,19-20H,1,13-14H2,2-7H3/t16-,19+,20+/m1/s1. The van der Waals surface area contributed by atoms with E-state index in [0.717, 1.165) is 0 Å². The first-order valence-corrected chi connectivity index (χ1v) is 11.8. The van der Waals surface area contributed by atoms with E-state index >= 15 is 0 Å². The number of hydrogen-bond acceptors (Lipinski definition) is 7. The fraction of sp³-hybridized carbons (Fsp3) is 0.538. The predicted octanol–water partition coefficient (Wildman–Crippen LogP) is 5.11. The summed E-state index contributed by atoms with van der Waals surface area (Å²) in [4.78, 5) is 35.6. The van der Waals surface area contributed by atoms with Gasteiger partial charge < -0.3 is 14.2 Å². The number of aromatic nitrogens is 2. The summed E-state index contributed by atoms with van der Waals surface area (Å²) in [5.41, 5.74) is -0.877. The number of nitrogens with zero attached hydrogens (tertiary/aromatic N) is 3. The van der Waals surface area contributed by atoms with Crippen LogP contribution in [-0.4, -0.2) is 57.8 Å². The lowest BCUT2D eigenvalue weighted by Gasteiger charge is -2.28. The molecule has 36 heavy (non-hydrogen) atoms. The van der Waals surface area contributed by atoms with E-state index in [2.05, 4.69) is 16.5 Å². The number of amides is 1. The number of allylic oxidation sites excluding steroid dienone is 1. The Hall–Kier alpha value is -3.30. The van der Waals surface area contributed by atoms with Gasteiger partial charge in [-0.3, -0.25) is 4.90 Å². The Balaban J connectivity index is 1.98. The van der Waals surface area contributed by atoms with Crippen LogP contribution in [-0.2, 0) is 20.2 Å². The zero-order valence-corrected chi connectivity index (χ0v) is 21.5. The number of likely N-dealkylation sites (tertiary alicyclic amines) is 1. The van der Waals surface area contributed by atoms with Gasteiger partial charge in [-0.2, -0.15) is 8.78 Å². The first-order chi connectivity index (χ1) is 16.7. The smallest absolute Gasteiger partial charge is 0.411 e. The molecule has 3 atom stereocenters. The van der Waals surface area contributed by atoms with E-state index in [1.165, 1.54) is 4.90 Å². The van der Waals surface area contributed by atoms with Crippen molar-refractivity contribution in [2.45, 2.75) is 65.2 Å². The minimum atomic E-state index is -3.52. The van der Waals surface area contributed by atoms with Crippen molar-refractivity contribution in [2.75, 3.05) is 13.2 Å². The van der Waals surface area contributed by atoms with Crippen LogP contribution < -0.4 is 4.74 Å². The Labute approximate surface area is 209 Å². The van der Waals surface area contributed by atoms with Crippen LogP contribution in [0.3, 0.4) is 0 Å². The Morgan fingerprint density at radius 3 is 2.36 bits per heavy atom. The molecule has 0 bridgehead atoms. The van der Waals surface area contributed by atoms with Crippen LogP contribution in [0, 0.1) is 11.8 Å². The molecule has 1 aliphatic rings. The molecule has 0 radical (unpaired) electrons. The SMILES string of the molecule is C=CC(F)(F)c1nc2ccccc2nc1O[C@H]1CN(C(=O)OC(C)(C)C)[C@H](C(=O)OCC(C)C)[C@@H]1C. The van der Waals surface area contributed by atoms with Crippen molar-refractivity contribution in [1.82, 2.24) is 14.9 Å². The van der Waals surface area contributed by atoms with E-state index in [-0.39, 0.29) is 24.6 Å². The van der Waals surface area contributed by atoms with Crippen LogP contribution in [0.5, 0.6) is 5.88 Å². The van der Waals surface area contributed by atoms with Gasteiger partial charge in [0.2, 0.25) is 5.88 Å². The van der Waals surface area contributed by atoms with Gasteiger partial charge in [0.15, 0.2) is 5.69 Å². The summed E-state index contributed by atoms with van der Waals surface area (Å²) < 4.78 is 46.4. The molecule has 2 heterocycles. The molecule has 0 spiro atoms. The molecule has 2 aromatic rings. The predicted molar refractivity (Wildman–Crippen MR) is 130 cm³/mol. The topological polar surface area (TPSA) is 90.9 Å². The second-order valence-electron chi connectivity index (χ2n) is 10.3. The van der Waals surface area contributed by atoms with Crippen molar-refractivity contribution in [2.24, 2.45) is 11.8 Å². The number of esters is 1. The van der Waals surface area contributed by atoms with Gasteiger partial charge in [-0.25, -0.2) is 19.6 Å². The van der Waals surface area contributed by atoms with E-state index in [1.54, 1.807) is 52.0 Å². The zero-order valence-electron chi connectivity index (χ0n) is 21.5. The number of alkyl halides is 2. The zero-order chi connectivity index (χ0) is 26.8. The van der Waals surface area contributed by atoms with Gasteiger partial charge in [0.05, 0.1) is 24.2 Å². The van der Waals surface area contributed by atoms with E-state index in [1.807, 2.05) is 13.8 Å². The molecule has 10 heteroatoms. The Bertz CT molecular complexity index is 1130. The molecule has 1 saturated heterocycles. The molecule has 3 rings (SSSR count). The molecule has 1 amide bonds. The van der Waals surface area contributed by atoms with Gasteiger partial charge in [0.1, 0.15) is 17.7 Å². The second-order valence-corrected chi connectivity index (χ2v) is 10.3. The van der Waals surface area contributed by atoms with Crippen molar-refractivity contribution < 1.29 is 32.6 Å². The van der Waals surface area contributed by atoms with E-state index < -0.39 is 53.2 Å². The van der Waals surface area contributed by atoms with Gasteiger partial charge in [0, 0.05) is 5.92 Å². The molecule has 1 fully saturated rings. The van der Waals surface area contributed by atoms with Crippen LogP contribution in [0.2, 0.25) is 0 Å². The van der Waals surface area contributed by atoms with Crippen LogP contribution in [0.1, 0.15) is 47.2 Å². The fourth-order valence-electron chi connectivity index (χ4n) is 3.81. The third-order valence-electron chi connectivity index (χ3n) is 5.60. The lowest BCUT2D eigenvalue weighted by atomic mass is 10.0. The van der Waals surface area contributed by atoms with Gasteiger partial charge in [-0.1, -0.05) is 39.5 Å². The highest BCUT2D eigenvalue weighted by Crippen LogP contribution is 2.37.